The van der Waals surface area contributed by atoms with E-state index in [9.17, 15) is 19.2 Å². The number of carbonyl (C=O) groups is 4. The molecule has 46 heavy (non-hydrogen) atoms. The fourth-order valence-electron chi connectivity index (χ4n) is 5.60. The lowest BCUT2D eigenvalue weighted by molar-refractivity contribution is -0.131. The molecule has 0 bridgehead atoms. The van der Waals surface area contributed by atoms with Crippen LogP contribution in [0.5, 0.6) is 0 Å². The number of imidazole rings is 1. The van der Waals surface area contributed by atoms with Gasteiger partial charge in [0, 0.05) is 24.2 Å². The largest absolute Gasteiger partial charge is 0.453 e. The van der Waals surface area contributed by atoms with Crippen LogP contribution in [0.3, 0.4) is 0 Å². The second-order valence-corrected chi connectivity index (χ2v) is 10.9. The number of alkyl carbamates (subject to hydrolysis) is 2. The van der Waals surface area contributed by atoms with Crippen molar-refractivity contribution in [1.29, 1.82) is 0 Å². The van der Waals surface area contributed by atoms with Gasteiger partial charge in [-0.2, -0.15) is 0 Å². The number of amides is 4. The van der Waals surface area contributed by atoms with E-state index in [0.29, 0.717) is 31.2 Å². The minimum absolute atomic E-state index is 0.122. The maximum Gasteiger partial charge on any atom is 0.407 e. The molecule has 4 heterocycles. The normalized spacial score (nSPS) is 20.0. The van der Waals surface area contributed by atoms with Crippen LogP contribution < -0.4 is 16.0 Å². The lowest BCUT2D eigenvalue weighted by Crippen LogP contribution is -2.49. The summed E-state index contributed by atoms with van der Waals surface area (Å²) in [7, 11) is 2.51. The number of aromatic nitrogens is 2. The molecular formula is C32H36N8O6. The first-order chi connectivity index (χ1) is 22.3. The van der Waals surface area contributed by atoms with E-state index in [1.54, 1.807) is 16.0 Å². The average molecular weight is 629 g/mol. The standard InChI is InChI=1S/C32H36N8O6/c1-45-31(43)35-19-27(41)39-15-3-5-25(39)29-33-17-23(37-29)13-11-21-7-9-22(10-8-21)12-14-24-18-34-30(38-24)26-6-4-16-40(26)28(42)20-36-32(44)46-2/h7-10,17,24-26H,3-6,15-16,18-20H2,1-2H3,(H,33,37)(H,34,38)(H,35,43)(H,36,44)/t24?,25-,26-/m0/s1. The van der Waals surface area contributed by atoms with Crippen LogP contribution >= 0.6 is 0 Å². The number of benzene rings is 1. The van der Waals surface area contributed by atoms with Gasteiger partial charge in [-0.3, -0.25) is 14.6 Å². The summed E-state index contributed by atoms with van der Waals surface area (Å²) in [4.78, 5) is 63.6. The minimum atomic E-state index is -0.648. The van der Waals surface area contributed by atoms with Gasteiger partial charge in [-0.25, -0.2) is 14.6 Å². The van der Waals surface area contributed by atoms with Crippen molar-refractivity contribution in [2.75, 3.05) is 46.9 Å². The first kappa shape index (κ1) is 31.9. The number of aromatic amines is 1. The molecule has 1 aromatic carbocycles. The first-order valence-corrected chi connectivity index (χ1v) is 15.1. The van der Waals surface area contributed by atoms with Crippen molar-refractivity contribution in [2.24, 2.45) is 4.99 Å². The van der Waals surface area contributed by atoms with Gasteiger partial charge in [0.15, 0.2) is 0 Å². The summed E-state index contributed by atoms with van der Waals surface area (Å²) in [5, 5.41) is 8.22. The van der Waals surface area contributed by atoms with Gasteiger partial charge < -0.3 is 40.2 Å². The second kappa shape index (κ2) is 15.0. The number of hydrogen-bond donors (Lipinski definition) is 4. The molecule has 2 saturated heterocycles. The fourth-order valence-corrected chi connectivity index (χ4v) is 5.60. The molecule has 1 aromatic heterocycles. The number of nitrogens with zero attached hydrogens (tertiary/aromatic N) is 4. The second-order valence-electron chi connectivity index (χ2n) is 10.9. The number of likely N-dealkylation sites (tertiary alicyclic amines) is 2. The van der Waals surface area contributed by atoms with Gasteiger partial charge in [-0.05, 0) is 55.9 Å². The number of amidine groups is 1. The van der Waals surface area contributed by atoms with Crippen LogP contribution in [0.15, 0.2) is 35.5 Å². The molecular weight excluding hydrogens is 592 g/mol. The summed E-state index contributed by atoms with van der Waals surface area (Å²) < 4.78 is 9.07. The van der Waals surface area contributed by atoms with Crippen LogP contribution in [0.4, 0.5) is 9.59 Å². The van der Waals surface area contributed by atoms with E-state index in [2.05, 4.69) is 64.1 Å². The van der Waals surface area contributed by atoms with Gasteiger partial charge in [0.05, 0.1) is 39.0 Å². The number of carbonyl (C=O) groups excluding carboxylic acids is 4. The van der Waals surface area contributed by atoms with E-state index in [1.807, 2.05) is 24.3 Å². The van der Waals surface area contributed by atoms with Crippen LogP contribution in [0.1, 0.15) is 54.4 Å². The lowest BCUT2D eigenvalue weighted by Gasteiger charge is -2.25. The highest BCUT2D eigenvalue weighted by atomic mass is 16.5. The van der Waals surface area contributed by atoms with Crippen LogP contribution in [0.25, 0.3) is 0 Å². The number of H-pyrrole nitrogens is 1. The van der Waals surface area contributed by atoms with Crippen molar-refractivity contribution in [3.05, 3.63) is 53.1 Å². The van der Waals surface area contributed by atoms with Crippen molar-refractivity contribution in [3.8, 4) is 23.7 Å². The fraction of sp³-hybridized carbons (Fsp3) is 0.438. The molecule has 2 aromatic rings. The molecule has 14 nitrogen and oxygen atoms in total. The van der Waals surface area contributed by atoms with E-state index in [0.717, 1.165) is 42.6 Å². The molecule has 0 saturated carbocycles. The molecule has 1 unspecified atom stereocenters. The van der Waals surface area contributed by atoms with Crippen molar-refractivity contribution >= 4 is 29.8 Å². The van der Waals surface area contributed by atoms with Gasteiger partial charge in [0.2, 0.25) is 11.8 Å². The van der Waals surface area contributed by atoms with Crippen molar-refractivity contribution in [1.82, 2.24) is 35.7 Å². The molecule has 4 N–H and O–H groups in total. The van der Waals surface area contributed by atoms with Crippen molar-refractivity contribution in [3.63, 3.8) is 0 Å². The third-order valence-electron chi connectivity index (χ3n) is 7.90. The van der Waals surface area contributed by atoms with Crippen molar-refractivity contribution < 1.29 is 28.7 Å². The Labute approximate surface area is 266 Å². The van der Waals surface area contributed by atoms with Crippen LogP contribution in [0.2, 0.25) is 0 Å². The van der Waals surface area contributed by atoms with Gasteiger partial charge in [-0.1, -0.05) is 17.8 Å². The number of methoxy groups -OCH3 is 2. The minimum Gasteiger partial charge on any atom is -0.453 e. The van der Waals surface area contributed by atoms with Crippen LogP contribution in [-0.2, 0) is 19.1 Å². The summed E-state index contributed by atoms with van der Waals surface area (Å²) in [5.41, 5.74) is 2.28. The Kier molecular flexibility index (Phi) is 10.4. The van der Waals surface area contributed by atoms with Gasteiger partial charge >= 0.3 is 12.2 Å². The maximum absolute atomic E-state index is 12.6. The molecule has 3 aliphatic heterocycles. The molecule has 0 radical (unpaired) electrons. The van der Waals surface area contributed by atoms with E-state index in [1.165, 1.54) is 14.2 Å². The summed E-state index contributed by atoms with van der Waals surface area (Å²) >= 11 is 0. The van der Waals surface area contributed by atoms with Gasteiger partial charge in [0.25, 0.3) is 0 Å². The van der Waals surface area contributed by atoms with Crippen LogP contribution in [0, 0.1) is 23.7 Å². The molecule has 4 amide bonds. The van der Waals surface area contributed by atoms with Gasteiger partial charge in [0.1, 0.15) is 36.5 Å². The highest BCUT2D eigenvalue weighted by Gasteiger charge is 2.35. The SMILES string of the molecule is COC(=O)NCC(=O)N1CCC[C@H]1C1=NCC(C#Cc2ccc(C#Cc3cnc([C@@H]4CCCN4C(=O)CNC(=O)OC)[nH]3)cc2)N1. The zero-order valence-corrected chi connectivity index (χ0v) is 25.7. The Balaban J connectivity index is 1.12. The predicted octanol–water partition coefficient (Wildman–Crippen LogP) is 0.898. The van der Waals surface area contributed by atoms with Gasteiger partial charge in [-0.15, -0.1) is 0 Å². The summed E-state index contributed by atoms with van der Waals surface area (Å²) in [6.07, 6.45) is 3.64. The number of rotatable bonds is 6. The maximum atomic E-state index is 12.6. The Morgan fingerprint density at radius 3 is 2.09 bits per heavy atom. The Morgan fingerprint density at radius 2 is 1.46 bits per heavy atom. The molecule has 0 aliphatic carbocycles. The summed E-state index contributed by atoms with van der Waals surface area (Å²) in [6.45, 7) is 1.44. The monoisotopic (exact) mass is 628 g/mol. The highest BCUT2D eigenvalue weighted by Crippen LogP contribution is 2.30. The number of nitrogens with one attached hydrogen (secondary N) is 4. The smallest absolute Gasteiger partial charge is 0.407 e. The third-order valence-corrected chi connectivity index (χ3v) is 7.90. The molecule has 240 valence electrons. The number of aliphatic imine (C=N–C) groups is 1. The highest BCUT2D eigenvalue weighted by molar-refractivity contribution is 5.94. The van der Waals surface area contributed by atoms with Crippen LogP contribution in [-0.4, -0.2) is 109 Å². The topological polar surface area (TPSA) is 170 Å². The Bertz CT molecular complexity index is 1610. The quantitative estimate of drug-likeness (QED) is 0.342. The molecule has 2 fully saturated rings. The number of hydrogen-bond acceptors (Lipinski definition) is 9. The Morgan fingerprint density at radius 1 is 0.870 bits per heavy atom. The zero-order valence-electron chi connectivity index (χ0n) is 25.7. The summed E-state index contributed by atoms with van der Waals surface area (Å²) in [6, 6.07) is 7.08. The third kappa shape index (κ3) is 7.95. The predicted molar refractivity (Wildman–Crippen MR) is 166 cm³/mol. The summed E-state index contributed by atoms with van der Waals surface area (Å²) in [5.74, 6) is 13.7. The molecule has 14 heteroatoms. The molecule has 3 aliphatic rings. The lowest BCUT2D eigenvalue weighted by atomic mass is 10.1. The zero-order chi connectivity index (χ0) is 32.5. The van der Waals surface area contributed by atoms with E-state index < -0.39 is 12.2 Å². The van der Waals surface area contributed by atoms with E-state index >= 15 is 0 Å². The van der Waals surface area contributed by atoms with E-state index in [4.69, 9.17) is 0 Å². The van der Waals surface area contributed by atoms with E-state index in [-0.39, 0.29) is 43.0 Å². The molecule has 5 rings (SSSR count). The first-order valence-electron chi connectivity index (χ1n) is 15.1. The number of ether oxygens (including phenoxy) is 2. The Hall–Kier alpha value is -5.50. The molecule has 0 spiro atoms. The molecule has 3 atom stereocenters. The van der Waals surface area contributed by atoms with Crippen molar-refractivity contribution in [2.45, 2.75) is 43.8 Å². The average Bonchev–Trinajstić information content (AvgIpc) is 3.90.